The monoisotopic (exact) mass is 276 g/mol. The van der Waals surface area contributed by atoms with Crippen molar-refractivity contribution in [2.75, 3.05) is 13.1 Å². The van der Waals surface area contributed by atoms with E-state index in [9.17, 15) is 8.42 Å². The maximum atomic E-state index is 12.3. The zero-order chi connectivity index (χ0) is 12.5. The van der Waals surface area contributed by atoms with Crippen molar-refractivity contribution in [3.63, 3.8) is 0 Å². The van der Waals surface area contributed by atoms with Crippen LogP contribution in [0.2, 0.25) is 0 Å². The van der Waals surface area contributed by atoms with Gasteiger partial charge in [0.2, 0.25) is 10.0 Å². The lowest BCUT2D eigenvalue weighted by Crippen LogP contribution is -2.44. The molecule has 0 aromatic rings. The lowest BCUT2D eigenvalue weighted by Gasteiger charge is -2.32. The third-order valence-corrected chi connectivity index (χ3v) is 6.67. The third kappa shape index (κ3) is 2.80. The number of thiocarbonyl (C=S) groups is 1. The summed E-state index contributed by atoms with van der Waals surface area (Å²) in [7, 11) is -3.06. The summed E-state index contributed by atoms with van der Waals surface area (Å²) in [6, 6.07) is 0. The lowest BCUT2D eigenvalue weighted by molar-refractivity contribution is 0.313. The Morgan fingerprint density at radius 3 is 2.12 bits per heavy atom. The molecule has 1 saturated carbocycles. The number of nitrogens with zero attached hydrogens (tertiary/aromatic N) is 1. The highest BCUT2D eigenvalue weighted by atomic mass is 32.2. The molecule has 2 aliphatic rings. The first kappa shape index (κ1) is 13.2. The van der Waals surface area contributed by atoms with Gasteiger partial charge in [-0.2, -0.15) is 0 Å². The fourth-order valence-electron chi connectivity index (χ4n) is 2.79. The summed E-state index contributed by atoms with van der Waals surface area (Å²) in [5.74, 6) is 0.222. The SMILES string of the molecule is NC(=S)C1CCN(S(=O)(=O)C2CCCC2)CC1. The molecule has 0 atom stereocenters. The Morgan fingerprint density at radius 2 is 1.65 bits per heavy atom. The predicted octanol–water partition coefficient (Wildman–Crippen LogP) is 1.26. The smallest absolute Gasteiger partial charge is 0.216 e. The van der Waals surface area contributed by atoms with Crippen LogP contribution in [-0.4, -0.2) is 36.1 Å². The Balaban J connectivity index is 1.98. The Kier molecular flexibility index (Phi) is 4.05. The van der Waals surface area contributed by atoms with E-state index in [-0.39, 0.29) is 11.2 Å². The molecular weight excluding hydrogens is 256 g/mol. The highest BCUT2D eigenvalue weighted by Gasteiger charge is 2.36. The van der Waals surface area contributed by atoms with Crippen LogP contribution < -0.4 is 5.73 Å². The molecule has 17 heavy (non-hydrogen) atoms. The van der Waals surface area contributed by atoms with E-state index in [1.54, 1.807) is 4.31 Å². The normalized spacial score (nSPS) is 25.2. The van der Waals surface area contributed by atoms with Gasteiger partial charge in [0.25, 0.3) is 0 Å². The summed E-state index contributed by atoms with van der Waals surface area (Å²) in [5.41, 5.74) is 5.61. The molecule has 4 nitrogen and oxygen atoms in total. The van der Waals surface area contributed by atoms with Gasteiger partial charge in [0.1, 0.15) is 0 Å². The average molecular weight is 276 g/mol. The first-order chi connectivity index (χ1) is 8.01. The summed E-state index contributed by atoms with van der Waals surface area (Å²) in [6.07, 6.45) is 5.32. The van der Waals surface area contributed by atoms with Gasteiger partial charge in [-0.1, -0.05) is 25.1 Å². The molecule has 0 aromatic heterocycles. The van der Waals surface area contributed by atoms with E-state index in [0.717, 1.165) is 38.5 Å². The van der Waals surface area contributed by atoms with Crippen LogP contribution in [0.5, 0.6) is 0 Å². The highest BCUT2D eigenvalue weighted by molar-refractivity contribution is 7.89. The highest BCUT2D eigenvalue weighted by Crippen LogP contribution is 2.29. The number of piperidine rings is 1. The number of hydrogen-bond donors (Lipinski definition) is 1. The minimum Gasteiger partial charge on any atom is -0.393 e. The Bertz CT molecular complexity index is 380. The van der Waals surface area contributed by atoms with E-state index >= 15 is 0 Å². The molecule has 2 N–H and O–H groups in total. The molecule has 0 bridgehead atoms. The molecule has 0 radical (unpaired) electrons. The second-order valence-electron chi connectivity index (χ2n) is 5.03. The molecule has 0 unspecified atom stereocenters. The Labute approximate surface area is 109 Å². The summed E-state index contributed by atoms with van der Waals surface area (Å²) in [6.45, 7) is 1.17. The van der Waals surface area contributed by atoms with Gasteiger partial charge in [0.05, 0.1) is 10.2 Å². The van der Waals surface area contributed by atoms with Crippen LogP contribution in [0.3, 0.4) is 0 Å². The topological polar surface area (TPSA) is 63.4 Å². The van der Waals surface area contributed by atoms with Crippen LogP contribution in [0.25, 0.3) is 0 Å². The fourth-order valence-corrected chi connectivity index (χ4v) is 5.10. The first-order valence-electron chi connectivity index (χ1n) is 6.30. The van der Waals surface area contributed by atoms with Crippen LogP contribution >= 0.6 is 12.2 Å². The van der Waals surface area contributed by atoms with E-state index in [0.29, 0.717) is 18.1 Å². The van der Waals surface area contributed by atoms with Crippen molar-refractivity contribution < 1.29 is 8.42 Å². The number of nitrogens with two attached hydrogens (primary N) is 1. The van der Waals surface area contributed by atoms with Crippen LogP contribution in [0, 0.1) is 5.92 Å². The van der Waals surface area contributed by atoms with Gasteiger partial charge < -0.3 is 5.73 Å². The van der Waals surface area contributed by atoms with Gasteiger partial charge >= 0.3 is 0 Å². The van der Waals surface area contributed by atoms with Crippen molar-refractivity contribution in [2.45, 2.75) is 43.8 Å². The number of sulfonamides is 1. The van der Waals surface area contributed by atoms with Crippen molar-refractivity contribution in [3.05, 3.63) is 0 Å². The second kappa shape index (κ2) is 5.20. The minimum atomic E-state index is -3.06. The largest absolute Gasteiger partial charge is 0.393 e. The van der Waals surface area contributed by atoms with Gasteiger partial charge in [-0.25, -0.2) is 12.7 Å². The van der Waals surface area contributed by atoms with E-state index in [2.05, 4.69) is 0 Å². The lowest BCUT2D eigenvalue weighted by atomic mass is 9.98. The average Bonchev–Trinajstić information content (AvgIpc) is 2.83. The molecule has 98 valence electrons. The molecule has 1 aliphatic heterocycles. The minimum absolute atomic E-state index is 0.135. The molecule has 0 amide bonds. The summed E-state index contributed by atoms with van der Waals surface area (Å²) in [5, 5.41) is -0.135. The van der Waals surface area contributed by atoms with Gasteiger partial charge in [-0.3, -0.25) is 0 Å². The third-order valence-electron chi connectivity index (χ3n) is 3.94. The molecule has 1 saturated heterocycles. The molecule has 2 rings (SSSR count). The Morgan fingerprint density at radius 1 is 1.12 bits per heavy atom. The summed E-state index contributed by atoms with van der Waals surface area (Å²) < 4.78 is 26.3. The van der Waals surface area contributed by atoms with Crippen molar-refractivity contribution in [2.24, 2.45) is 11.7 Å². The van der Waals surface area contributed by atoms with E-state index < -0.39 is 10.0 Å². The zero-order valence-electron chi connectivity index (χ0n) is 9.97. The molecular formula is C11H20N2O2S2. The first-order valence-corrected chi connectivity index (χ1v) is 8.21. The van der Waals surface area contributed by atoms with Crippen molar-refractivity contribution >= 4 is 27.2 Å². The van der Waals surface area contributed by atoms with Crippen LogP contribution in [0.4, 0.5) is 0 Å². The van der Waals surface area contributed by atoms with Crippen LogP contribution in [-0.2, 0) is 10.0 Å². The molecule has 6 heteroatoms. The quantitative estimate of drug-likeness (QED) is 0.788. The molecule has 1 heterocycles. The van der Waals surface area contributed by atoms with Gasteiger partial charge in [-0.05, 0) is 25.7 Å². The van der Waals surface area contributed by atoms with Gasteiger partial charge in [0.15, 0.2) is 0 Å². The van der Waals surface area contributed by atoms with Crippen molar-refractivity contribution in [3.8, 4) is 0 Å². The second-order valence-corrected chi connectivity index (χ2v) is 7.71. The van der Waals surface area contributed by atoms with Crippen LogP contribution in [0.1, 0.15) is 38.5 Å². The van der Waals surface area contributed by atoms with E-state index in [1.807, 2.05) is 0 Å². The van der Waals surface area contributed by atoms with Crippen molar-refractivity contribution in [1.82, 2.24) is 4.31 Å². The predicted molar refractivity (Wildman–Crippen MR) is 72.3 cm³/mol. The molecule has 0 spiro atoms. The van der Waals surface area contributed by atoms with Gasteiger partial charge in [-0.15, -0.1) is 0 Å². The molecule has 0 aromatic carbocycles. The zero-order valence-corrected chi connectivity index (χ0v) is 11.6. The Hall–Kier alpha value is -0.200. The van der Waals surface area contributed by atoms with Crippen molar-refractivity contribution in [1.29, 1.82) is 0 Å². The summed E-state index contributed by atoms with van der Waals surface area (Å²) >= 11 is 4.96. The molecule has 1 aliphatic carbocycles. The van der Waals surface area contributed by atoms with E-state index in [4.69, 9.17) is 18.0 Å². The molecule has 2 fully saturated rings. The maximum absolute atomic E-state index is 12.3. The summed E-state index contributed by atoms with van der Waals surface area (Å²) in [4.78, 5) is 0.530. The maximum Gasteiger partial charge on any atom is 0.216 e. The van der Waals surface area contributed by atoms with E-state index in [1.165, 1.54) is 0 Å². The number of rotatable bonds is 3. The number of hydrogen-bond acceptors (Lipinski definition) is 3. The fraction of sp³-hybridized carbons (Fsp3) is 0.909. The standard InChI is InChI=1S/C11H20N2O2S2/c12-11(16)9-5-7-13(8-6-9)17(14,15)10-3-1-2-4-10/h9-10H,1-8H2,(H2,12,16). The van der Waals surface area contributed by atoms with Gasteiger partial charge in [0, 0.05) is 19.0 Å². The van der Waals surface area contributed by atoms with Crippen LogP contribution in [0.15, 0.2) is 0 Å².